The second-order valence-corrected chi connectivity index (χ2v) is 3.62. The molecule has 0 aliphatic heterocycles. The highest BCUT2D eigenvalue weighted by molar-refractivity contribution is 5.66. The fourth-order valence-electron chi connectivity index (χ4n) is 0.868. The number of rotatable bonds is 9. The summed E-state index contributed by atoms with van der Waals surface area (Å²) < 4.78 is 9.91. The first-order valence-corrected chi connectivity index (χ1v) is 6.09. The quantitative estimate of drug-likeness (QED) is 0.609. The van der Waals surface area contributed by atoms with Gasteiger partial charge in [0.1, 0.15) is 0 Å². The van der Waals surface area contributed by atoms with Crippen LogP contribution in [-0.4, -0.2) is 48.7 Å². The predicted octanol–water partition coefficient (Wildman–Crippen LogP) is 1.68. The van der Waals surface area contributed by atoms with E-state index in [-0.39, 0.29) is 12.5 Å². The molecule has 0 aromatic heterocycles. The van der Waals surface area contributed by atoms with E-state index in [9.17, 15) is 4.79 Å². The first kappa shape index (κ1) is 18.7. The Morgan fingerprint density at radius 2 is 1.88 bits per heavy atom. The third-order valence-electron chi connectivity index (χ3n) is 1.59. The van der Waals surface area contributed by atoms with Crippen LogP contribution in [0.5, 0.6) is 0 Å². The average molecular weight is 250 g/mol. The minimum atomic E-state index is -0.755. The molecule has 5 nitrogen and oxygen atoms in total. The monoisotopic (exact) mass is 250 g/mol. The predicted molar refractivity (Wildman–Crippen MR) is 66.2 cm³/mol. The van der Waals surface area contributed by atoms with Gasteiger partial charge in [0.15, 0.2) is 0 Å². The molecule has 5 heteroatoms. The summed E-state index contributed by atoms with van der Waals surface area (Å²) in [5.74, 6) is -0.755. The van der Waals surface area contributed by atoms with E-state index < -0.39 is 5.97 Å². The zero-order valence-electron chi connectivity index (χ0n) is 11.1. The molecule has 0 saturated carbocycles. The van der Waals surface area contributed by atoms with E-state index in [1.54, 1.807) is 6.92 Å². The fourth-order valence-corrected chi connectivity index (χ4v) is 0.868. The molecule has 2 N–H and O–H groups in total. The van der Waals surface area contributed by atoms with Crippen molar-refractivity contribution in [2.45, 2.75) is 46.1 Å². The van der Waals surface area contributed by atoms with Gasteiger partial charge in [0, 0.05) is 26.2 Å². The summed E-state index contributed by atoms with van der Waals surface area (Å²) in [5, 5.41) is 16.8. The summed E-state index contributed by atoms with van der Waals surface area (Å²) in [5.41, 5.74) is 0. The van der Waals surface area contributed by atoms with Crippen molar-refractivity contribution in [2.75, 3.05) is 26.4 Å². The largest absolute Gasteiger partial charge is 0.481 e. The first-order valence-electron chi connectivity index (χ1n) is 6.09. The summed E-state index contributed by atoms with van der Waals surface area (Å²) >= 11 is 0. The third kappa shape index (κ3) is 25.5. The molecule has 0 aliphatic rings. The first-order chi connectivity index (χ1) is 8.04. The molecular formula is C12H26O5. The summed E-state index contributed by atoms with van der Waals surface area (Å²) in [7, 11) is 0. The smallest absolute Gasteiger partial charge is 0.303 e. The highest BCUT2D eigenvalue weighted by Crippen LogP contribution is 1.88. The van der Waals surface area contributed by atoms with Crippen molar-refractivity contribution in [2.24, 2.45) is 0 Å². The van der Waals surface area contributed by atoms with Gasteiger partial charge < -0.3 is 19.7 Å². The minimum Gasteiger partial charge on any atom is -0.481 e. The van der Waals surface area contributed by atoms with E-state index in [1.165, 1.54) is 0 Å². The molecule has 0 aromatic carbocycles. The second kappa shape index (κ2) is 15.4. The summed E-state index contributed by atoms with van der Waals surface area (Å²) in [6.45, 7) is 8.10. The van der Waals surface area contributed by atoms with Gasteiger partial charge in [-0.2, -0.15) is 0 Å². The summed E-state index contributed by atoms with van der Waals surface area (Å²) in [6, 6.07) is 0. The summed E-state index contributed by atoms with van der Waals surface area (Å²) in [4.78, 5) is 9.91. The van der Waals surface area contributed by atoms with E-state index in [4.69, 9.17) is 19.7 Å². The number of carbonyl (C=O) groups is 1. The Balaban J connectivity index is 0. The van der Waals surface area contributed by atoms with E-state index in [0.29, 0.717) is 26.2 Å². The Kier molecular flexibility index (Phi) is 16.9. The lowest BCUT2D eigenvalue weighted by molar-refractivity contribution is -0.137. The molecule has 0 radical (unpaired) electrons. The van der Waals surface area contributed by atoms with Crippen LogP contribution in [0.1, 0.15) is 40.0 Å². The third-order valence-corrected chi connectivity index (χ3v) is 1.59. The Hall–Kier alpha value is -0.650. The van der Waals surface area contributed by atoms with Crippen LogP contribution in [0.3, 0.4) is 0 Å². The fraction of sp³-hybridized carbons (Fsp3) is 0.917. The van der Waals surface area contributed by atoms with Crippen molar-refractivity contribution in [3.8, 4) is 0 Å². The molecular weight excluding hydrogens is 224 g/mol. The number of carboxylic acid groups (broad SMARTS) is 1. The molecule has 0 rings (SSSR count). The minimum absolute atomic E-state index is 0.208. The Morgan fingerprint density at radius 1 is 1.24 bits per heavy atom. The van der Waals surface area contributed by atoms with E-state index in [2.05, 4.69) is 0 Å². The van der Waals surface area contributed by atoms with Crippen molar-refractivity contribution in [3.05, 3.63) is 0 Å². The number of ether oxygens (including phenoxy) is 2. The molecule has 0 saturated heterocycles. The second-order valence-electron chi connectivity index (χ2n) is 3.62. The highest BCUT2D eigenvalue weighted by atomic mass is 16.5. The molecule has 1 unspecified atom stereocenters. The molecule has 104 valence electrons. The van der Waals surface area contributed by atoms with Crippen LogP contribution in [0.15, 0.2) is 0 Å². The van der Waals surface area contributed by atoms with Gasteiger partial charge in [0.25, 0.3) is 0 Å². The zero-order chi connectivity index (χ0) is 13.5. The van der Waals surface area contributed by atoms with Gasteiger partial charge in [0.05, 0.1) is 12.7 Å². The molecule has 1 atom stereocenters. The Morgan fingerprint density at radius 3 is 2.29 bits per heavy atom. The maximum absolute atomic E-state index is 9.91. The number of hydrogen-bond donors (Lipinski definition) is 2. The average Bonchev–Trinajstić information content (AvgIpc) is 2.25. The number of aliphatic hydroxyl groups excluding tert-OH is 1. The topological polar surface area (TPSA) is 76.0 Å². The van der Waals surface area contributed by atoms with E-state index in [0.717, 1.165) is 13.0 Å². The van der Waals surface area contributed by atoms with Gasteiger partial charge in [0.2, 0.25) is 0 Å². The molecule has 0 bridgehead atoms. The lowest BCUT2D eigenvalue weighted by Crippen LogP contribution is -2.10. The van der Waals surface area contributed by atoms with Crippen molar-refractivity contribution in [1.82, 2.24) is 0 Å². The molecule has 0 aromatic rings. The van der Waals surface area contributed by atoms with E-state index in [1.807, 2.05) is 13.8 Å². The maximum atomic E-state index is 9.91. The van der Waals surface area contributed by atoms with E-state index >= 15 is 0 Å². The van der Waals surface area contributed by atoms with Gasteiger partial charge in [-0.3, -0.25) is 4.79 Å². The van der Waals surface area contributed by atoms with Crippen LogP contribution in [-0.2, 0) is 14.3 Å². The molecule has 0 fully saturated rings. The van der Waals surface area contributed by atoms with Crippen LogP contribution in [0.25, 0.3) is 0 Å². The van der Waals surface area contributed by atoms with Gasteiger partial charge in [-0.1, -0.05) is 6.92 Å². The number of hydrogen-bond acceptors (Lipinski definition) is 4. The Bertz CT molecular complexity index is 159. The zero-order valence-corrected chi connectivity index (χ0v) is 11.1. The van der Waals surface area contributed by atoms with Crippen LogP contribution >= 0.6 is 0 Å². The van der Waals surface area contributed by atoms with Crippen LogP contribution in [0.2, 0.25) is 0 Å². The standard InChI is InChI=1S/C6H12O3.C6H14O2/c1-2-9-5-3-4-6(7)8;1-3-4-8-5-6(2)7/h2-5H2,1H3,(H,7,8);6-7H,3-5H2,1-2H3. The molecule has 0 amide bonds. The van der Waals surface area contributed by atoms with Crippen LogP contribution in [0.4, 0.5) is 0 Å². The normalized spacial score (nSPS) is 11.5. The SMILES string of the molecule is CCCOCC(C)O.CCOCCCC(=O)O. The highest BCUT2D eigenvalue weighted by Gasteiger charge is 1.94. The number of aliphatic carboxylic acids is 1. The molecule has 17 heavy (non-hydrogen) atoms. The summed E-state index contributed by atoms with van der Waals surface area (Å²) in [6.07, 6.45) is 1.53. The lowest BCUT2D eigenvalue weighted by atomic mass is 10.3. The van der Waals surface area contributed by atoms with Crippen molar-refractivity contribution < 1.29 is 24.5 Å². The molecule has 0 spiro atoms. The van der Waals surface area contributed by atoms with Gasteiger partial charge in [-0.05, 0) is 26.7 Å². The lowest BCUT2D eigenvalue weighted by Gasteiger charge is -2.02. The number of aliphatic hydroxyl groups is 1. The molecule has 0 aliphatic carbocycles. The van der Waals surface area contributed by atoms with Crippen molar-refractivity contribution in [1.29, 1.82) is 0 Å². The number of carboxylic acids is 1. The van der Waals surface area contributed by atoms with Crippen molar-refractivity contribution in [3.63, 3.8) is 0 Å². The van der Waals surface area contributed by atoms with Crippen LogP contribution < -0.4 is 0 Å². The van der Waals surface area contributed by atoms with Gasteiger partial charge >= 0.3 is 5.97 Å². The van der Waals surface area contributed by atoms with Crippen LogP contribution in [0, 0.1) is 0 Å². The molecule has 0 heterocycles. The van der Waals surface area contributed by atoms with Gasteiger partial charge in [-0.15, -0.1) is 0 Å². The van der Waals surface area contributed by atoms with Crippen molar-refractivity contribution >= 4 is 5.97 Å². The maximum Gasteiger partial charge on any atom is 0.303 e. The Labute approximate surface area is 104 Å². The van der Waals surface area contributed by atoms with Gasteiger partial charge in [-0.25, -0.2) is 0 Å².